The lowest BCUT2D eigenvalue weighted by atomic mass is 9.92. The molecule has 0 aliphatic rings. The van der Waals surface area contributed by atoms with Crippen molar-refractivity contribution in [1.82, 2.24) is 20.6 Å². The quantitative estimate of drug-likeness (QED) is 0.249. The highest BCUT2D eigenvalue weighted by Crippen LogP contribution is 2.27. The molecule has 2 aromatic rings. The van der Waals surface area contributed by atoms with Crippen molar-refractivity contribution in [3.05, 3.63) is 96.1 Å². The SMILES string of the molecule is C=CN/C=C\C(=C/C(CC)c1ccc(C)c(F)c1)c1ccnc(N/C(=C/C(=N)CC)NC)n1. The van der Waals surface area contributed by atoms with E-state index in [1.807, 2.05) is 31.2 Å². The molecule has 0 aliphatic carbocycles. The van der Waals surface area contributed by atoms with E-state index in [1.54, 1.807) is 44.7 Å². The fourth-order valence-corrected chi connectivity index (χ4v) is 3.09. The van der Waals surface area contributed by atoms with Crippen LogP contribution in [0, 0.1) is 18.2 Å². The van der Waals surface area contributed by atoms with Gasteiger partial charge in [0, 0.05) is 31.1 Å². The van der Waals surface area contributed by atoms with Gasteiger partial charge in [-0.05, 0) is 67.0 Å². The summed E-state index contributed by atoms with van der Waals surface area (Å²) in [6, 6.07) is 7.20. The van der Waals surface area contributed by atoms with Crippen LogP contribution in [0.15, 0.2) is 73.5 Å². The predicted octanol–water partition coefficient (Wildman–Crippen LogP) is 5.65. The van der Waals surface area contributed by atoms with E-state index in [4.69, 9.17) is 5.41 Å². The average Bonchev–Trinajstić information content (AvgIpc) is 2.82. The predicted molar refractivity (Wildman–Crippen MR) is 135 cm³/mol. The Balaban J connectivity index is 2.45. The lowest BCUT2D eigenvalue weighted by molar-refractivity contribution is 0.613. The molecule has 0 radical (unpaired) electrons. The summed E-state index contributed by atoms with van der Waals surface area (Å²) in [7, 11) is 1.77. The summed E-state index contributed by atoms with van der Waals surface area (Å²) in [4.78, 5) is 8.98. The molecule has 0 amide bonds. The minimum Gasteiger partial charge on any atom is -0.375 e. The van der Waals surface area contributed by atoms with Crippen LogP contribution in [-0.4, -0.2) is 22.7 Å². The number of nitrogens with one attached hydrogen (secondary N) is 4. The number of halogens is 1. The minimum atomic E-state index is -0.206. The molecule has 2 rings (SSSR count). The second-order valence-electron chi connectivity index (χ2n) is 7.43. The normalized spacial score (nSPS) is 13.0. The zero-order valence-electron chi connectivity index (χ0n) is 19.7. The lowest BCUT2D eigenvalue weighted by Gasteiger charge is -2.15. The van der Waals surface area contributed by atoms with E-state index in [-0.39, 0.29) is 11.7 Å². The van der Waals surface area contributed by atoms with Crippen molar-refractivity contribution < 1.29 is 4.39 Å². The van der Waals surface area contributed by atoms with Gasteiger partial charge < -0.3 is 21.4 Å². The number of aryl methyl sites for hydroxylation is 1. The molecule has 0 saturated carbocycles. The second kappa shape index (κ2) is 13.0. The molecule has 7 heteroatoms. The molecule has 1 aromatic carbocycles. The van der Waals surface area contributed by atoms with Gasteiger partial charge in [0.15, 0.2) is 0 Å². The number of nitrogens with zero attached hydrogens (tertiary/aromatic N) is 2. The highest BCUT2D eigenvalue weighted by atomic mass is 19.1. The van der Waals surface area contributed by atoms with E-state index in [0.717, 1.165) is 17.6 Å². The van der Waals surface area contributed by atoms with Crippen LogP contribution in [-0.2, 0) is 0 Å². The maximum Gasteiger partial charge on any atom is 0.228 e. The number of aromatic nitrogens is 2. The van der Waals surface area contributed by atoms with Crippen molar-refractivity contribution in [2.24, 2.45) is 0 Å². The molecule has 1 heterocycles. The summed E-state index contributed by atoms with van der Waals surface area (Å²) in [5.41, 5.74) is 3.59. The summed E-state index contributed by atoms with van der Waals surface area (Å²) >= 11 is 0. The molecule has 0 spiro atoms. The third-order valence-corrected chi connectivity index (χ3v) is 5.09. The molecule has 4 N–H and O–H groups in total. The van der Waals surface area contributed by atoms with Crippen LogP contribution in [0.25, 0.3) is 5.57 Å². The third-order valence-electron chi connectivity index (χ3n) is 5.09. The summed E-state index contributed by atoms with van der Waals surface area (Å²) in [5.74, 6) is 0.840. The lowest BCUT2D eigenvalue weighted by Crippen LogP contribution is -2.18. The Morgan fingerprint density at radius 2 is 2.06 bits per heavy atom. The van der Waals surface area contributed by atoms with E-state index in [1.165, 1.54) is 0 Å². The molecule has 1 atom stereocenters. The maximum atomic E-state index is 14.2. The molecule has 0 bridgehead atoms. The van der Waals surface area contributed by atoms with Gasteiger partial charge in [0.25, 0.3) is 0 Å². The Labute approximate surface area is 196 Å². The molecular weight excluding hydrogens is 415 g/mol. The molecule has 1 aromatic heterocycles. The molecule has 6 nitrogen and oxygen atoms in total. The van der Waals surface area contributed by atoms with Gasteiger partial charge in [0.2, 0.25) is 5.95 Å². The van der Waals surface area contributed by atoms with Gasteiger partial charge in [-0.1, -0.05) is 38.6 Å². The molecular formula is C26H33FN6. The van der Waals surface area contributed by atoms with Crippen LogP contribution in [0.4, 0.5) is 10.3 Å². The van der Waals surface area contributed by atoms with Gasteiger partial charge in [-0.15, -0.1) is 0 Å². The Hall–Kier alpha value is -3.74. The monoisotopic (exact) mass is 448 g/mol. The van der Waals surface area contributed by atoms with Crippen molar-refractivity contribution in [2.45, 2.75) is 39.5 Å². The van der Waals surface area contributed by atoms with Gasteiger partial charge in [0.05, 0.1) is 5.69 Å². The third kappa shape index (κ3) is 7.71. The minimum absolute atomic E-state index is 0.00708. The average molecular weight is 449 g/mol. The number of rotatable bonds is 12. The first-order valence-electron chi connectivity index (χ1n) is 11.0. The zero-order chi connectivity index (χ0) is 24.2. The fourth-order valence-electron chi connectivity index (χ4n) is 3.09. The van der Waals surface area contributed by atoms with Gasteiger partial charge in [-0.2, -0.15) is 0 Å². The second-order valence-corrected chi connectivity index (χ2v) is 7.43. The number of hydrogen-bond acceptors (Lipinski definition) is 6. The smallest absolute Gasteiger partial charge is 0.228 e. The Morgan fingerprint density at radius 3 is 2.70 bits per heavy atom. The van der Waals surface area contributed by atoms with Crippen LogP contribution in [0.1, 0.15) is 49.4 Å². The number of hydrogen-bond donors (Lipinski definition) is 4. The van der Waals surface area contributed by atoms with Crippen LogP contribution < -0.4 is 16.0 Å². The first kappa shape index (κ1) is 25.5. The van der Waals surface area contributed by atoms with E-state index in [9.17, 15) is 4.39 Å². The van der Waals surface area contributed by atoms with E-state index < -0.39 is 0 Å². The summed E-state index contributed by atoms with van der Waals surface area (Å²) < 4.78 is 14.2. The van der Waals surface area contributed by atoms with Crippen molar-refractivity contribution in [3.63, 3.8) is 0 Å². The summed E-state index contributed by atoms with van der Waals surface area (Å²) in [6.07, 6.45) is 12.2. The Kier molecular flexibility index (Phi) is 10.0. The largest absolute Gasteiger partial charge is 0.375 e. The van der Waals surface area contributed by atoms with Gasteiger partial charge in [-0.25, -0.2) is 14.4 Å². The first-order chi connectivity index (χ1) is 15.9. The number of allylic oxidation sites excluding steroid dienone is 4. The van der Waals surface area contributed by atoms with Gasteiger partial charge in [-0.3, -0.25) is 0 Å². The summed E-state index contributed by atoms with van der Waals surface area (Å²) in [6.45, 7) is 9.43. The molecule has 0 fully saturated rings. The van der Waals surface area contributed by atoms with Crippen LogP contribution in [0.2, 0.25) is 0 Å². The topological polar surface area (TPSA) is 85.7 Å². The van der Waals surface area contributed by atoms with Crippen molar-refractivity contribution in [3.8, 4) is 0 Å². The first-order valence-corrected chi connectivity index (χ1v) is 11.0. The molecule has 0 aliphatic heterocycles. The molecule has 33 heavy (non-hydrogen) atoms. The van der Waals surface area contributed by atoms with E-state index in [2.05, 4.69) is 45.5 Å². The zero-order valence-corrected chi connectivity index (χ0v) is 19.7. The Bertz CT molecular complexity index is 1050. The number of benzene rings is 1. The number of anilines is 1. The van der Waals surface area contributed by atoms with E-state index in [0.29, 0.717) is 35.2 Å². The Morgan fingerprint density at radius 1 is 1.27 bits per heavy atom. The summed E-state index contributed by atoms with van der Waals surface area (Å²) in [5, 5.41) is 17.0. The molecule has 0 saturated heterocycles. The van der Waals surface area contributed by atoms with Crippen LogP contribution >= 0.6 is 0 Å². The van der Waals surface area contributed by atoms with Crippen molar-refractivity contribution in [1.29, 1.82) is 5.41 Å². The molecule has 1 unspecified atom stereocenters. The van der Waals surface area contributed by atoms with E-state index >= 15 is 0 Å². The van der Waals surface area contributed by atoms with Gasteiger partial charge >= 0.3 is 0 Å². The highest BCUT2D eigenvalue weighted by Gasteiger charge is 2.12. The van der Waals surface area contributed by atoms with Crippen LogP contribution in [0.5, 0.6) is 0 Å². The standard InChI is InChI=1S/C26H33FN6/c1-6-19(20-10-9-18(4)23(27)16-20)15-21(11-13-30-8-3)24-12-14-31-26(32-24)33-25(29-5)17-22(28)7-2/h8-17,19,28-30H,3,6-7H2,1-2,4-5H3,(H,31,32,33)/b13-11-,21-15+,25-17+,28-22?. The highest BCUT2D eigenvalue weighted by molar-refractivity contribution is 5.92. The molecule has 174 valence electrons. The van der Waals surface area contributed by atoms with Crippen molar-refractivity contribution >= 4 is 17.2 Å². The fraction of sp³-hybridized carbons (Fsp3) is 0.269. The maximum absolute atomic E-state index is 14.2. The van der Waals surface area contributed by atoms with Crippen LogP contribution in [0.3, 0.4) is 0 Å². The van der Waals surface area contributed by atoms with Gasteiger partial charge in [0.1, 0.15) is 11.6 Å². The van der Waals surface area contributed by atoms with Crippen molar-refractivity contribution in [2.75, 3.05) is 12.4 Å².